The first kappa shape index (κ1) is 14.8. The molecule has 0 radical (unpaired) electrons. The van der Waals surface area contributed by atoms with Crippen molar-refractivity contribution in [2.24, 2.45) is 5.92 Å². The zero-order valence-electron chi connectivity index (χ0n) is 12.9. The molecule has 1 aliphatic carbocycles. The Kier molecular flexibility index (Phi) is 4.85. The smallest absolute Gasteiger partial charge is 0.193 e. The Balaban J connectivity index is 1.96. The Morgan fingerprint density at radius 1 is 0.773 bits per heavy atom. The van der Waals surface area contributed by atoms with Crippen molar-refractivity contribution in [1.82, 2.24) is 0 Å². The summed E-state index contributed by atoms with van der Waals surface area (Å²) in [5.74, 6) is 0.675. The Labute approximate surface area is 132 Å². The summed E-state index contributed by atoms with van der Waals surface area (Å²) in [5.41, 5.74) is 2.66. The summed E-state index contributed by atoms with van der Waals surface area (Å²) >= 11 is 0. The van der Waals surface area contributed by atoms with Gasteiger partial charge >= 0.3 is 0 Å². The molecule has 0 bridgehead atoms. The number of allylic oxidation sites excluding steroid dienone is 2. The number of rotatable bonds is 4. The fraction of sp³-hybridized carbons (Fsp3) is 0.286. The second-order valence-electron chi connectivity index (χ2n) is 6.04. The van der Waals surface area contributed by atoms with Gasteiger partial charge in [0.1, 0.15) is 0 Å². The van der Waals surface area contributed by atoms with E-state index in [1.165, 1.54) is 32.1 Å². The Bertz CT molecular complexity index is 634. The van der Waals surface area contributed by atoms with Crippen LogP contribution >= 0.6 is 0 Å². The molecule has 2 aromatic carbocycles. The fourth-order valence-electron chi connectivity index (χ4n) is 3.20. The zero-order valence-corrected chi connectivity index (χ0v) is 12.9. The first-order valence-electron chi connectivity index (χ1n) is 8.21. The molecule has 0 unspecified atom stereocenters. The highest BCUT2D eigenvalue weighted by Crippen LogP contribution is 2.29. The van der Waals surface area contributed by atoms with Crippen molar-refractivity contribution < 1.29 is 4.79 Å². The molecule has 0 heterocycles. The summed E-state index contributed by atoms with van der Waals surface area (Å²) in [6.07, 6.45) is 8.53. The van der Waals surface area contributed by atoms with Crippen LogP contribution in [0.2, 0.25) is 0 Å². The van der Waals surface area contributed by atoms with Crippen molar-refractivity contribution in [2.45, 2.75) is 32.1 Å². The Morgan fingerprint density at radius 3 is 1.91 bits per heavy atom. The minimum Gasteiger partial charge on any atom is -0.289 e. The maximum Gasteiger partial charge on any atom is 0.193 e. The van der Waals surface area contributed by atoms with Crippen LogP contribution in [-0.2, 0) is 0 Å². The predicted molar refractivity (Wildman–Crippen MR) is 91.8 cm³/mol. The van der Waals surface area contributed by atoms with Gasteiger partial charge in [0, 0.05) is 11.1 Å². The van der Waals surface area contributed by atoms with Crippen molar-refractivity contribution in [3.8, 4) is 0 Å². The third-order valence-corrected chi connectivity index (χ3v) is 4.42. The Morgan fingerprint density at radius 2 is 1.32 bits per heavy atom. The van der Waals surface area contributed by atoms with Gasteiger partial charge in [-0.15, -0.1) is 0 Å². The molecule has 0 aromatic heterocycles. The van der Waals surface area contributed by atoms with E-state index in [0.29, 0.717) is 5.92 Å². The van der Waals surface area contributed by atoms with Crippen LogP contribution in [0.1, 0.15) is 48.0 Å². The molecule has 0 N–H and O–H groups in total. The maximum atomic E-state index is 13.0. The monoisotopic (exact) mass is 290 g/mol. The predicted octanol–water partition coefficient (Wildman–Crippen LogP) is 5.53. The van der Waals surface area contributed by atoms with Crippen LogP contribution in [0.25, 0.3) is 5.57 Å². The number of hydrogen-bond donors (Lipinski definition) is 0. The molecule has 2 aromatic rings. The summed E-state index contributed by atoms with van der Waals surface area (Å²) < 4.78 is 0. The average Bonchev–Trinajstić information content (AvgIpc) is 2.61. The molecule has 1 aliphatic rings. The van der Waals surface area contributed by atoms with E-state index in [2.05, 4.69) is 6.08 Å². The van der Waals surface area contributed by atoms with Crippen LogP contribution in [0.3, 0.4) is 0 Å². The number of Topliss-reactive ketones (excluding diaryl/α,β-unsaturated/α-hetero) is 1. The van der Waals surface area contributed by atoms with E-state index >= 15 is 0 Å². The molecular formula is C21H22O. The summed E-state index contributed by atoms with van der Waals surface area (Å²) in [5, 5.41) is 0. The molecule has 22 heavy (non-hydrogen) atoms. The zero-order chi connectivity index (χ0) is 15.2. The molecule has 1 fully saturated rings. The van der Waals surface area contributed by atoms with E-state index in [1.807, 2.05) is 60.7 Å². The van der Waals surface area contributed by atoms with Crippen LogP contribution in [0.15, 0.2) is 66.7 Å². The molecule has 1 saturated carbocycles. The lowest BCUT2D eigenvalue weighted by molar-refractivity contribution is 0.105. The molecule has 1 heteroatoms. The Hall–Kier alpha value is -2.15. The first-order valence-corrected chi connectivity index (χ1v) is 8.21. The number of benzene rings is 2. The summed E-state index contributed by atoms with van der Waals surface area (Å²) in [7, 11) is 0. The van der Waals surface area contributed by atoms with E-state index in [-0.39, 0.29) is 5.78 Å². The quantitative estimate of drug-likeness (QED) is 0.534. The lowest BCUT2D eigenvalue weighted by atomic mass is 9.85. The minimum absolute atomic E-state index is 0.136. The topological polar surface area (TPSA) is 17.1 Å². The largest absolute Gasteiger partial charge is 0.289 e. The highest BCUT2D eigenvalue weighted by Gasteiger charge is 2.18. The summed E-state index contributed by atoms with van der Waals surface area (Å²) in [6, 6.07) is 19.7. The molecule has 0 atom stereocenters. The molecule has 0 aliphatic heterocycles. The van der Waals surface area contributed by atoms with Gasteiger partial charge in [0.2, 0.25) is 0 Å². The lowest BCUT2D eigenvalue weighted by Gasteiger charge is -2.20. The van der Waals surface area contributed by atoms with Crippen LogP contribution in [0, 0.1) is 5.92 Å². The SMILES string of the molecule is O=C(/C(=C\C1CCCCC1)c1ccccc1)c1ccccc1. The number of carbonyl (C=O) groups excluding carboxylic acids is 1. The molecular weight excluding hydrogens is 268 g/mol. The second-order valence-corrected chi connectivity index (χ2v) is 6.04. The average molecular weight is 290 g/mol. The van der Waals surface area contributed by atoms with E-state index in [4.69, 9.17) is 0 Å². The summed E-state index contributed by atoms with van der Waals surface area (Å²) in [4.78, 5) is 13.0. The third-order valence-electron chi connectivity index (χ3n) is 4.42. The first-order chi connectivity index (χ1) is 10.8. The standard InChI is InChI=1S/C21H22O/c22-21(19-14-8-3-9-15-19)20(18-12-6-2-7-13-18)16-17-10-4-1-5-11-17/h2-3,6-9,12-17H,1,4-5,10-11H2/b20-16-. The van der Waals surface area contributed by atoms with Gasteiger partial charge in [-0.25, -0.2) is 0 Å². The van der Waals surface area contributed by atoms with Gasteiger partial charge in [0.25, 0.3) is 0 Å². The van der Waals surface area contributed by atoms with E-state index in [9.17, 15) is 4.79 Å². The normalized spacial score (nSPS) is 16.5. The minimum atomic E-state index is 0.136. The van der Waals surface area contributed by atoms with Gasteiger partial charge in [-0.05, 0) is 24.3 Å². The third kappa shape index (κ3) is 3.54. The van der Waals surface area contributed by atoms with Gasteiger partial charge in [-0.3, -0.25) is 4.79 Å². The van der Waals surface area contributed by atoms with Crippen molar-refractivity contribution in [2.75, 3.05) is 0 Å². The van der Waals surface area contributed by atoms with Gasteiger partial charge in [0.05, 0.1) is 0 Å². The molecule has 0 spiro atoms. The lowest BCUT2D eigenvalue weighted by Crippen LogP contribution is -2.08. The maximum absolute atomic E-state index is 13.0. The molecule has 3 rings (SSSR count). The highest BCUT2D eigenvalue weighted by atomic mass is 16.1. The molecule has 0 amide bonds. The number of ketones is 1. The fourth-order valence-corrected chi connectivity index (χ4v) is 3.20. The number of carbonyl (C=O) groups is 1. The van der Waals surface area contributed by atoms with E-state index in [1.54, 1.807) is 0 Å². The van der Waals surface area contributed by atoms with Crippen LogP contribution in [0.5, 0.6) is 0 Å². The van der Waals surface area contributed by atoms with Crippen molar-refractivity contribution in [1.29, 1.82) is 0 Å². The van der Waals surface area contributed by atoms with Crippen molar-refractivity contribution >= 4 is 11.4 Å². The van der Waals surface area contributed by atoms with Crippen LogP contribution in [0.4, 0.5) is 0 Å². The summed E-state index contributed by atoms with van der Waals surface area (Å²) in [6.45, 7) is 0. The van der Waals surface area contributed by atoms with E-state index in [0.717, 1.165) is 16.7 Å². The van der Waals surface area contributed by atoms with Gasteiger partial charge in [-0.2, -0.15) is 0 Å². The number of hydrogen-bond acceptors (Lipinski definition) is 1. The highest BCUT2D eigenvalue weighted by molar-refractivity contribution is 6.28. The second kappa shape index (κ2) is 7.22. The molecule has 1 nitrogen and oxygen atoms in total. The van der Waals surface area contributed by atoms with Crippen molar-refractivity contribution in [3.05, 3.63) is 77.9 Å². The van der Waals surface area contributed by atoms with Crippen LogP contribution < -0.4 is 0 Å². The van der Waals surface area contributed by atoms with E-state index < -0.39 is 0 Å². The molecule has 112 valence electrons. The van der Waals surface area contributed by atoms with Crippen LogP contribution in [-0.4, -0.2) is 5.78 Å². The van der Waals surface area contributed by atoms with Gasteiger partial charge in [0.15, 0.2) is 5.78 Å². The van der Waals surface area contributed by atoms with Gasteiger partial charge < -0.3 is 0 Å². The molecule has 0 saturated heterocycles. The van der Waals surface area contributed by atoms with Crippen molar-refractivity contribution in [3.63, 3.8) is 0 Å². The van der Waals surface area contributed by atoms with Gasteiger partial charge in [-0.1, -0.05) is 86.0 Å².